The van der Waals surface area contributed by atoms with Gasteiger partial charge in [-0.15, -0.1) is 0 Å². The third-order valence-corrected chi connectivity index (χ3v) is 5.53. The van der Waals surface area contributed by atoms with Crippen LogP contribution in [-0.2, 0) is 15.1 Å². The minimum absolute atomic E-state index is 0.00944. The first kappa shape index (κ1) is 16.7. The molecule has 4 heteroatoms. The van der Waals surface area contributed by atoms with Gasteiger partial charge in [0, 0.05) is 10.6 Å². The average Bonchev–Trinajstić information content (AvgIpc) is 3.62. The molecule has 3 aromatic carbocycles. The molecule has 2 saturated heterocycles. The van der Waals surface area contributed by atoms with E-state index >= 15 is 0 Å². The normalized spacial score (nSPS) is 28.6. The summed E-state index contributed by atoms with van der Waals surface area (Å²) in [6.07, 6.45) is -0.834. The van der Waals surface area contributed by atoms with E-state index in [1.807, 2.05) is 84.9 Å². The minimum Gasteiger partial charge on any atom is -0.361 e. The van der Waals surface area contributed by atoms with Gasteiger partial charge in [0.1, 0.15) is 12.2 Å². The van der Waals surface area contributed by atoms with E-state index in [1.54, 1.807) is 0 Å². The molecule has 0 amide bonds. The van der Waals surface area contributed by atoms with E-state index in [1.165, 1.54) is 0 Å². The molecule has 0 N–H and O–H groups in total. The van der Waals surface area contributed by atoms with Crippen molar-refractivity contribution >= 4 is 17.4 Å². The van der Waals surface area contributed by atoms with Crippen molar-refractivity contribution in [2.24, 2.45) is 0 Å². The second kappa shape index (κ2) is 6.31. The predicted octanol–water partition coefficient (Wildman–Crippen LogP) is 4.96. The molecule has 2 aliphatic heterocycles. The standard InChI is InChI=1S/C23H17ClO3/c24-18-13-11-16(12-14-18)20-22(26-20)23(17-9-5-2-6-10-17)21(27-23)19(25)15-7-3-1-4-8-15/h1-14,20-22H. The Labute approximate surface area is 162 Å². The van der Waals surface area contributed by atoms with Gasteiger partial charge in [0.05, 0.1) is 0 Å². The van der Waals surface area contributed by atoms with Gasteiger partial charge in [0.2, 0.25) is 0 Å². The lowest BCUT2D eigenvalue weighted by atomic mass is 9.86. The van der Waals surface area contributed by atoms with Crippen LogP contribution in [0.5, 0.6) is 0 Å². The monoisotopic (exact) mass is 376 g/mol. The van der Waals surface area contributed by atoms with Crippen LogP contribution in [0.15, 0.2) is 84.9 Å². The Kier molecular flexibility index (Phi) is 3.90. The number of halogens is 1. The Morgan fingerprint density at radius 2 is 1.48 bits per heavy atom. The van der Waals surface area contributed by atoms with Crippen LogP contribution in [0.2, 0.25) is 5.02 Å². The van der Waals surface area contributed by atoms with Crippen molar-refractivity contribution in [1.29, 1.82) is 0 Å². The third kappa shape index (κ3) is 2.79. The van der Waals surface area contributed by atoms with Crippen LogP contribution in [0.3, 0.4) is 0 Å². The van der Waals surface area contributed by atoms with E-state index < -0.39 is 11.7 Å². The summed E-state index contributed by atoms with van der Waals surface area (Å²) in [6, 6.07) is 26.8. The van der Waals surface area contributed by atoms with E-state index in [0.717, 1.165) is 11.1 Å². The number of rotatable bonds is 5. The zero-order chi connectivity index (χ0) is 18.4. The Bertz CT molecular complexity index is 972. The molecule has 0 saturated carbocycles. The molecule has 0 radical (unpaired) electrons. The van der Waals surface area contributed by atoms with Crippen LogP contribution in [0.4, 0.5) is 0 Å². The highest BCUT2D eigenvalue weighted by Gasteiger charge is 2.73. The van der Waals surface area contributed by atoms with Crippen LogP contribution in [0, 0.1) is 0 Å². The van der Waals surface area contributed by atoms with Gasteiger partial charge >= 0.3 is 0 Å². The third-order valence-electron chi connectivity index (χ3n) is 5.28. The number of hydrogen-bond donors (Lipinski definition) is 0. The molecule has 4 unspecified atom stereocenters. The van der Waals surface area contributed by atoms with Gasteiger partial charge in [-0.05, 0) is 23.3 Å². The summed E-state index contributed by atoms with van der Waals surface area (Å²) in [6.45, 7) is 0. The van der Waals surface area contributed by atoms with Gasteiger partial charge in [0.15, 0.2) is 17.5 Å². The fourth-order valence-corrected chi connectivity index (χ4v) is 3.93. The van der Waals surface area contributed by atoms with E-state index in [-0.39, 0.29) is 18.0 Å². The first-order valence-electron chi connectivity index (χ1n) is 8.94. The topological polar surface area (TPSA) is 42.1 Å². The van der Waals surface area contributed by atoms with Gasteiger partial charge in [-0.2, -0.15) is 0 Å². The Morgan fingerprint density at radius 3 is 2.15 bits per heavy atom. The predicted molar refractivity (Wildman–Crippen MR) is 103 cm³/mol. The van der Waals surface area contributed by atoms with Gasteiger partial charge in [0.25, 0.3) is 0 Å². The summed E-state index contributed by atoms with van der Waals surface area (Å²) in [5.41, 5.74) is 1.93. The summed E-state index contributed by atoms with van der Waals surface area (Å²) in [4.78, 5) is 13.0. The zero-order valence-corrected chi connectivity index (χ0v) is 15.2. The second-order valence-electron chi connectivity index (χ2n) is 6.92. The fraction of sp³-hybridized carbons (Fsp3) is 0.174. The average molecular weight is 377 g/mol. The molecule has 0 aliphatic carbocycles. The highest BCUT2D eigenvalue weighted by molar-refractivity contribution is 6.30. The molecule has 0 bridgehead atoms. The van der Waals surface area contributed by atoms with Crippen LogP contribution in [-0.4, -0.2) is 18.0 Å². The van der Waals surface area contributed by atoms with Gasteiger partial charge in [-0.25, -0.2) is 0 Å². The van der Waals surface area contributed by atoms with Crippen molar-refractivity contribution in [3.63, 3.8) is 0 Å². The molecule has 0 spiro atoms. The maximum absolute atomic E-state index is 13.0. The van der Waals surface area contributed by atoms with Gasteiger partial charge < -0.3 is 9.47 Å². The number of carbonyl (C=O) groups is 1. The smallest absolute Gasteiger partial charge is 0.195 e. The Hall–Kier alpha value is -2.46. The molecular weight excluding hydrogens is 360 g/mol. The maximum atomic E-state index is 13.0. The highest BCUT2D eigenvalue weighted by atomic mass is 35.5. The second-order valence-corrected chi connectivity index (χ2v) is 7.35. The summed E-state index contributed by atoms with van der Waals surface area (Å²) >= 11 is 5.99. The molecule has 0 aromatic heterocycles. The molecule has 2 fully saturated rings. The van der Waals surface area contributed by atoms with E-state index in [0.29, 0.717) is 10.6 Å². The lowest BCUT2D eigenvalue weighted by molar-refractivity contribution is 0.0953. The largest absolute Gasteiger partial charge is 0.361 e. The van der Waals surface area contributed by atoms with Crippen molar-refractivity contribution in [1.82, 2.24) is 0 Å². The number of epoxide rings is 2. The number of Topliss-reactive ketones (excluding diaryl/α,β-unsaturated/α-hetero) is 1. The summed E-state index contributed by atoms with van der Waals surface area (Å²) in [7, 11) is 0. The maximum Gasteiger partial charge on any atom is 0.195 e. The lowest BCUT2D eigenvalue weighted by Gasteiger charge is -2.11. The van der Waals surface area contributed by atoms with Gasteiger partial charge in [-0.3, -0.25) is 4.79 Å². The number of carbonyl (C=O) groups excluding carboxylic acids is 1. The fourth-order valence-electron chi connectivity index (χ4n) is 3.81. The Morgan fingerprint density at radius 1 is 0.852 bits per heavy atom. The highest BCUT2D eigenvalue weighted by Crippen LogP contribution is 2.61. The van der Waals surface area contributed by atoms with Crippen molar-refractivity contribution in [3.8, 4) is 0 Å². The molecule has 2 heterocycles. The molecule has 27 heavy (non-hydrogen) atoms. The zero-order valence-electron chi connectivity index (χ0n) is 14.4. The van der Waals surface area contributed by atoms with Crippen molar-refractivity contribution in [2.75, 3.05) is 0 Å². The number of ketones is 1. The minimum atomic E-state index is -0.738. The lowest BCUT2D eigenvalue weighted by Crippen LogP contribution is -2.25. The van der Waals surface area contributed by atoms with E-state index in [4.69, 9.17) is 21.1 Å². The molecule has 3 nitrogen and oxygen atoms in total. The van der Waals surface area contributed by atoms with E-state index in [2.05, 4.69) is 0 Å². The van der Waals surface area contributed by atoms with Crippen molar-refractivity contribution in [3.05, 3.63) is 107 Å². The summed E-state index contributed by atoms with van der Waals surface area (Å²) < 4.78 is 12.1. The summed E-state index contributed by atoms with van der Waals surface area (Å²) in [5, 5.41) is 0.688. The molecular formula is C23H17ClO3. The first-order valence-corrected chi connectivity index (χ1v) is 9.31. The van der Waals surface area contributed by atoms with Gasteiger partial charge in [-0.1, -0.05) is 84.4 Å². The SMILES string of the molecule is O=C(c1ccccc1)C1OC1(c1ccccc1)C1OC1c1ccc(Cl)cc1. The molecule has 134 valence electrons. The molecule has 2 aliphatic rings. The Balaban J connectivity index is 1.47. The summed E-state index contributed by atoms with van der Waals surface area (Å²) in [5.74, 6) is -0.00944. The number of benzene rings is 3. The molecule has 4 atom stereocenters. The van der Waals surface area contributed by atoms with Crippen molar-refractivity contribution < 1.29 is 14.3 Å². The van der Waals surface area contributed by atoms with Crippen molar-refractivity contribution in [2.45, 2.75) is 23.9 Å². The van der Waals surface area contributed by atoms with Crippen LogP contribution >= 0.6 is 11.6 Å². The van der Waals surface area contributed by atoms with Crippen LogP contribution in [0.1, 0.15) is 27.6 Å². The number of hydrogen-bond acceptors (Lipinski definition) is 3. The van der Waals surface area contributed by atoms with E-state index in [9.17, 15) is 4.79 Å². The van der Waals surface area contributed by atoms with Crippen LogP contribution < -0.4 is 0 Å². The quantitative estimate of drug-likeness (QED) is 0.467. The molecule has 3 aromatic rings. The number of ether oxygens (including phenoxy) is 2. The van der Waals surface area contributed by atoms with Crippen LogP contribution in [0.25, 0.3) is 0 Å². The first-order chi connectivity index (χ1) is 13.2. The molecule has 5 rings (SSSR count).